The summed E-state index contributed by atoms with van der Waals surface area (Å²) in [6, 6.07) is 14.8. The van der Waals surface area contributed by atoms with E-state index in [0.717, 1.165) is 50.0 Å². The highest BCUT2D eigenvalue weighted by Gasteiger charge is 2.28. The fourth-order valence-corrected chi connectivity index (χ4v) is 6.65. The zero-order valence-electron chi connectivity index (χ0n) is 29.0. The van der Waals surface area contributed by atoms with Gasteiger partial charge in [-0.2, -0.15) is 0 Å². The van der Waals surface area contributed by atoms with E-state index in [1.807, 2.05) is 48.5 Å². The first-order valence-electron chi connectivity index (χ1n) is 17.6. The molecule has 2 aromatic carbocycles. The number of Topliss-reactive ketones (excluding diaryl/α,β-unsaturated/α-hetero) is 2. The first kappa shape index (κ1) is 42.6. The molecule has 6 nitrogen and oxygen atoms in total. The zero-order chi connectivity index (χ0) is 35.0. The van der Waals surface area contributed by atoms with Crippen molar-refractivity contribution in [3.8, 4) is 11.5 Å². The van der Waals surface area contributed by atoms with E-state index in [4.69, 9.17) is 55.9 Å². The van der Waals surface area contributed by atoms with Gasteiger partial charge in [-0.05, 0) is 74.2 Å². The van der Waals surface area contributed by atoms with Crippen LogP contribution in [0.4, 0.5) is 0 Å². The Morgan fingerprint density at radius 1 is 0.562 bits per heavy atom. The van der Waals surface area contributed by atoms with E-state index >= 15 is 0 Å². The van der Waals surface area contributed by atoms with Crippen molar-refractivity contribution in [1.29, 1.82) is 0 Å². The third-order valence-corrected chi connectivity index (χ3v) is 9.15. The minimum absolute atomic E-state index is 0.0378. The molecular weight excluding hydrogens is 690 g/mol. The lowest BCUT2D eigenvalue weighted by molar-refractivity contribution is 0.0816. The van der Waals surface area contributed by atoms with E-state index in [1.165, 1.54) is 0 Å². The van der Waals surface area contributed by atoms with Gasteiger partial charge in [0.25, 0.3) is 0 Å². The van der Waals surface area contributed by atoms with Crippen LogP contribution in [-0.4, -0.2) is 97.4 Å². The Morgan fingerprint density at radius 3 is 1.19 bits per heavy atom. The summed E-state index contributed by atoms with van der Waals surface area (Å²) in [5, 5.41) is 0. The molecular formula is C38H56Cl4N2O4. The minimum atomic E-state index is -0.351. The normalized spacial score (nSPS) is 12.8. The van der Waals surface area contributed by atoms with Gasteiger partial charge >= 0.3 is 0 Å². The summed E-state index contributed by atoms with van der Waals surface area (Å²) in [6.45, 7) is 9.14. The van der Waals surface area contributed by atoms with Crippen LogP contribution in [0.1, 0.15) is 85.9 Å². The lowest BCUT2D eigenvalue weighted by atomic mass is 9.86. The van der Waals surface area contributed by atoms with Crippen molar-refractivity contribution in [3.63, 3.8) is 0 Å². The second-order valence-electron chi connectivity index (χ2n) is 12.2. The summed E-state index contributed by atoms with van der Waals surface area (Å²) >= 11 is 24.5. The smallest absolute Gasteiger partial charge is 0.167 e. The molecule has 0 radical (unpaired) electrons. The number of rotatable bonds is 29. The summed E-state index contributed by atoms with van der Waals surface area (Å²) in [5.41, 5.74) is 1.25. The molecule has 0 aliphatic heterocycles. The topological polar surface area (TPSA) is 59.1 Å². The number of carbonyl (C=O) groups excluding carboxylic acids is 2. The predicted octanol–water partition coefficient (Wildman–Crippen LogP) is 9.46. The number of alkyl halides is 4. The maximum Gasteiger partial charge on any atom is 0.167 e. The van der Waals surface area contributed by atoms with Crippen LogP contribution >= 0.6 is 46.4 Å². The van der Waals surface area contributed by atoms with Gasteiger partial charge < -0.3 is 19.3 Å². The first-order chi connectivity index (χ1) is 23.4. The average Bonchev–Trinajstić information content (AvgIpc) is 3.10. The van der Waals surface area contributed by atoms with Crippen LogP contribution in [0.3, 0.4) is 0 Å². The van der Waals surface area contributed by atoms with Crippen LogP contribution in [0.15, 0.2) is 48.5 Å². The molecule has 0 heterocycles. The van der Waals surface area contributed by atoms with Gasteiger partial charge in [0.15, 0.2) is 11.6 Å². The Balaban J connectivity index is 2.29. The van der Waals surface area contributed by atoms with Gasteiger partial charge in [-0.25, -0.2) is 0 Å². The number of unbranched alkanes of at least 4 members (excludes halogenated alkanes) is 4. The second-order valence-corrected chi connectivity index (χ2v) is 13.7. The molecule has 0 N–H and O–H groups in total. The van der Waals surface area contributed by atoms with E-state index < -0.39 is 0 Å². The molecule has 270 valence electrons. The Bertz CT molecular complexity index is 1040. The number of benzene rings is 2. The first-order valence-corrected chi connectivity index (χ1v) is 19.8. The lowest BCUT2D eigenvalue weighted by Crippen LogP contribution is -2.38. The molecule has 0 aliphatic rings. The van der Waals surface area contributed by atoms with Crippen LogP contribution in [0, 0.1) is 11.8 Å². The molecule has 0 bridgehead atoms. The van der Waals surface area contributed by atoms with Crippen LogP contribution in [-0.2, 0) is 0 Å². The van der Waals surface area contributed by atoms with E-state index in [0.29, 0.717) is 100.0 Å². The molecule has 0 aromatic heterocycles. The number of ether oxygens (including phenoxy) is 2. The van der Waals surface area contributed by atoms with E-state index in [-0.39, 0.29) is 23.4 Å². The van der Waals surface area contributed by atoms with Crippen LogP contribution in [0.5, 0.6) is 11.5 Å². The van der Waals surface area contributed by atoms with Crippen molar-refractivity contribution >= 4 is 58.0 Å². The molecule has 48 heavy (non-hydrogen) atoms. The lowest BCUT2D eigenvalue weighted by Gasteiger charge is -2.29. The molecule has 2 rings (SSSR count). The summed E-state index contributed by atoms with van der Waals surface area (Å²) in [6.07, 6.45) is 7.56. The largest absolute Gasteiger partial charge is 0.494 e. The van der Waals surface area contributed by atoms with Gasteiger partial charge in [-0.15, -0.1) is 46.4 Å². The molecule has 2 atom stereocenters. The minimum Gasteiger partial charge on any atom is -0.494 e. The molecule has 0 fully saturated rings. The molecule has 0 aliphatic carbocycles. The quantitative estimate of drug-likeness (QED) is 0.0470. The molecule has 2 aromatic rings. The summed E-state index contributed by atoms with van der Waals surface area (Å²) in [7, 11) is 0. The molecule has 0 spiro atoms. The van der Waals surface area contributed by atoms with Crippen LogP contribution in [0.2, 0.25) is 0 Å². The predicted molar refractivity (Wildman–Crippen MR) is 204 cm³/mol. The monoisotopic (exact) mass is 744 g/mol. The fraction of sp³-hybridized carbons (Fsp3) is 0.632. The third-order valence-electron chi connectivity index (χ3n) is 8.48. The SMILES string of the molecule is CCCCCOc1ccc(C(=O)[C@@H](CC[C@@H](CN(CCCl)CCCl)C(=O)c2ccc(OCCCCC)cc2)CN(CCCl)CCCl)cc1. The Labute approximate surface area is 309 Å². The van der Waals surface area contributed by atoms with E-state index in [9.17, 15) is 9.59 Å². The van der Waals surface area contributed by atoms with Gasteiger partial charge in [0.2, 0.25) is 0 Å². The zero-order valence-corrected chi connectivity index (χ0v) is 32.0. The van der Waals surface area contributed by atoms with Crippen molar-refractivity contribution in [1.82, 2.24) is 9.80 Å². The van der Waals surface area contributed by atoms with Gasteiger partial charge in [0.1, 0.15) is 11.5 Å². The maximum absolute atomic E-state index is 14.1. The highest BCUT2D eigenvalue weighted by Crippen LogP contribution is 2.25. The highest BCUT2D eigenvalue weighted by molar-refractivity contribution is 6.18. The summed E-state index contributed by atoms with van der Waals surface area (Å²) in [5.74, 6) is 2.64. The third kappa shape index (κ3) is 16.4. The second kappa shape index (κ2) is 26.3. The van der Waals surface area contributed by atoms with Crippen LogP contribution < -0.4 is 9.47 Å². The van der Waals surface area contributed by atoms with E-state index in [2.05, 4.69) is 23.6 Å². The van der Waals surface area contributed by atoms with Crippen molar-refractivity contribution in [3.05, 3.63) is 59.7 Å². The van der Waals surface area contributed by atoms with Gasteiger partial charge in [0.05, 0.1) is 13.2 Å². The Morgan fingerprint density at radius 2 is 0.896 bits per heavy atom. The van der Waals surface area contributed by atoms with Crippen LogP contribution in [0.25, 0.3) is 0 Å². The standard InChI is InChI=1S/C38H56Cl4N2O4/c1-3-5-7-27-47-35-15-11-31(12-16-35)37(45)33(29-43(23-19-39)24-20-40)9-10-34(30-44(25-21-41)26-22-42)38(46)32-13-17-36(18-14-32)48-28-8-6-4-2/h11-18,33-34H,3-10,19-30H2,1-2H3/t33-,34-/m0/s1. The Kier molecular flexibility index (Phi) is 23.4. The molecule has 0 amide bonds. The fourth-order valence-electron chi connectivity index (χ4n) is 5.69. The number of hydrogen-bond acceptors (Lipinski definition) is 6. The van der Waals surface area contributed by atoms with Crippen molar-refractivity contribution in [2.45, 2.75) is 65.2 Å². The number of carbonyl (C=O) groups is 2. The molecule has 0 unspecified atom stereocenters. The number of hydrogen-bond donors (Lipinski definition) is 0. The Hall–Kier alpha value is -1.54. The molecule has 10 heteroatoms. The highest BCUT2D eigenvalue weighted by atomic mass is 35.5. The van der Waals surface area contributed by atoms with Crippen molar-refractivity contribution < 1.29 is 19.1 Å². The molecule has 0 saturated heterocycles. The number of halogens is 4. The van der Waals surface area contributed by atoms with Gasteiger partial charge in [-0.3, -0.25) is 9.59 Å². The number of ketones is 2. The van der Waals surface area contributed by atoms with Gasteiger partial charge in [0, 0.05) is 85.8 Å². The van der Waals surface area contributed by atoms with Crippen molar-refractivity contribution in [2.24, 2.45) is 11.8 Å². The average molecular weight is 747 g/mol. The summed E-state index contributed by atoms with van der Waals surface area (Å²) < 4.78 is 11.7. The van der Waals surface area contributed by atoms with Gasteiger partial charge in [-0.1, -0.05) is 39.5 Å². The maximum atomic E-state index is 14.1. The van der Waals surface area contributed by atoms with E-state index in [1.54, 1.807) is 0 Å². The number of nitrogens with zero attached hydrogens (tertiary/aromatic N) is 2. The van der Waals surface area contributed by atoms with Crippen molar-refractivity contribution in [2.75, 3.05) is 76.0 Å². The summed E-state index contributed by atoms with van der Waals surface area (Å²) in [4.78, 5) is 32.4. The molecule has 0 saturated carbocycles.